The lowest BCUT2D eigenvalue weighted by Gasteiger charge is -2.14. The van der Waals surface area contributed by atoms with E-state index in [4.69, 9.17) is 9.15 Å². The fourth-order valence-corrected chi connectivity index (χ4v) is 4.35. The van der Waals surface area contributed by atoms with Crippen molar-refractivity contribution >= 4 is 23.3 Å². The van der Waals surface area contributed by atoms with Crippen LogP contribution < -0.4 is 10.7 Å². The highest BCUT2D eigenvalue weighted by molar-refractivity contribution is 5.85. The number of hydrogen-bond acceptors (Lipinski definition) is 5. The normalized spacial score (nSPS) is 11.8. The van der Waals surface area contributed by atoms with Crippen molar-refractivity contribution in [2.24, 2.45) is 0 Å². The third kappa shape index (κ3) is 4.44. The monoisotopic (exact) mass is 463 g/mol. The van der Waals surface area contributed by atoms with Crippen molar-refractivity contribution in [2.45, 2.75) is 12.3 Å². The minimum Gasteiger partial charge on any atom is -0.463 e. The van der Waals surface area contributed by atoms with Gasteiger partial charge in [-0.25, -0.2) is 4.79 Å². The Balaban J connectivity index is 1.16. The van der Waals surface area contributed by atoms with Gasteiger partial charge in [-0.05, 0) is 40.5 Å². The van der Waals surface area contributed by atoms with Crippen molar-refractivity contribution in [3.63, 3.8) is 0 Å². The summed E-state index contributed by atoms with van der Waals surface area (Å²) in [5, 5.41) is 3.03. The van der Waals surface area contributed by atoms with Gasteiger partial charge in [-0.1, -0.05) is 60.4 Å². The summed E-state index contributed by atoms with van der Waals surface area (Å²) in [5.74, 6) is 5.95. The van der Waals surface area contributed by atoms with Gasteiger partial charge in [0.15, 0.2) is 6.29 Å². The maximum absolute atomic E-state index is 12.3. The molecule has 0 saturated heterocycles. The molecular weight excluding hydrogens is 442 g/mol. The molecule has 172 valence electrons. The third-order valence-electron chi connectivity index (χ3n) is 6.02. The van der Waals surface area contributed by atoms with Crippen LogP contribution in [-0.4, -0.2) is 25.5 Å². The van der Waals surface area contributed by atoms with E-state index in [0.29, 0.717) is 35.8 Å². The average molecular weight is 463 g/mol. The maximum atomic E-state index is 12.3. The lowest BCUT2D eigenvalue weighted by Crippen LogP contribution is -2.26. The molecule has 4 aromatic rings. The molecule has 0 bridgehead atoms. The van der Waals surface area contributed by atoms with Crippen LogP contribution in [0.5, 0.6) is 0 Å². The number of carbonyl (C=O) groups is 2. The first-order chi connectivity index (χ1) is 17.2. The van der Waals surface area contributed by atoms with E-state index in [2.05, 4.69) is 41.4 Å². The van der Waals surface area contributed by atoms with Gasteiger partial charge < -0.3 is 14.5 Å². The number of ether oxygens (including phenoxy) is 1. The molecule has 0 saturated carbocycles. The van der Waals surface area contributed by atoms with Crippen LogP contribution in [0.2, 0.25) is 0 Å². The SMILES string of the molecule is O=Cc1coc2ccc(C#CCCNC(=O)OCC3c4ccccc4-c4ccccc43)cc2c1=O. The minimum atomic E-state index is -0.488. The van der Waals surface area contributed by atoms with Crippen LogP contribution in [0.3, 0.4) is 0 Å². The van der Waals surface area contributed by atoms with Crippen LogP contribution >= 0.6 is 0 Å². The van der Waals surface area contributed by atoms with E-state index < -0.39 is 6.09 Å². The molecule has 6 nitrogen and oxygen atoms in total. The van der Waals surface area contributed by atoms with Gasteiger partial charge in [-0.15, -0.1) is 0 Å². The standard InChI is InChI=1S/C29H21NO5/c31-16-20-17-34-27-13-12-19(15-25(27)28(20)32)7-5-6-14-30-29(33)35-18-26-23-10-3-1-8-21(23)22-9-2-4-11-24(22)26/h1-4,8-13,15-17,26H,6,14,18H2,(H,30,33). The first kappa shape index (κ1) is 22.2. The van der Waals surface area contributed by atoms with Crippen LogP contribution in [0.4, 0.5) is 4.79 Å². The fourth-order valence-electron chi connectivity index (χ4n) is 4.35. The molecule has 6 heteroatoms. The van der Waals surface area contributed by atoms with Crippen LogP contribution in [0.15, 0.2) is 82.2 Å². The van der Waals surface area contributed by atoms with Gasteiger partial charge in [0.2, 0.25) is 5.43 Å². The smallest absolute Gasteiger partial charge is 0.407 e. The number of aldehydes is 1. The Bertz CT molecular complexity index is 1510. The number of rotatable bonds is 5. The molecule has 1 aliphatic rings. The molecule has 1 aromatic heterocycles. The van der Waals surface area contributed by atoms with Gasteiger partial charge >= 0.3 is 6.09 Å². The van der Waals surface area contributed by atoms with Crippen LogP contribution in [0, 0.1) is 11.8 Å². The van der Waals surface area contributed by atoms with Gasteiger partial charge in [0.25, 0.3) is 0 Å². The average Bonchev–Trinajstić information content (AvgIpc) is 3.21. The predicted molar refractivity (Wildman–Crippen MR) is 132 cm³/mol. The van der Waals surface area contributed by atoms with Crippen molar-refractivity contribution in [1.82, 2.24) is 5.32 Å². The van der Waals surface area contributed by atoms with Crippen LogP contribution in [0.1, 0.15) is 39.4 Å². The Labute approximate surface area is 201 Å². The Kier molecular flexibility index (Phi) is 6.15. The molecule has 3 aromatic carbocycles. The molecule has 0 radical (unpaired) electrons. The summed E-state index contributed by atoms with van der Waals surface area (Å²) in [6.45, 7) is 0.586. The maximum Gasteiger partial charge on any atom is 0.407 e. The Morgan fingerprint density at radius 3 is 2.46 bits per heavy atom. The zero-order valence-corrected chi connectivity index (χ0v) is 18.7. The zero-order chi connectivity index (χ0) is 24.2. The topological polar surface area (TPSA) is 85.6 Å². The Morgan fingerprint density at radius 1 is 1.03 bits per heavy atom. The number of hydrogen-bond donors (Lipinski definition) is 1. The van der Waals surface area contributed by atoms with Gasteiger partial charge in [-0.2, -0.15) is 0 Å². The second kappa shape index (κ2) is 9.70. The molecule has 1 aliphatic carbocycles. The van der Waals surface area contributed by atoms with Crippen molar-refractivity contribution in [1.29, 1.82) is 0 Å². The van der Waals surface area contributed by atoms with Crippen molar-refractivity contribution < 1.29 is 18.7 Å². The quantitative estimate of drug-likeness (QED) is 0.259. The zero-order valence-electron chi connectivity index (χ0n) is 18.7. The Morgan fingerprint density at radius 2 is 1.74 bits per heavy atom. The second-order valence-corrected chi connectivity index (χ2v) is 8.15. The molecule has 0 atom stereocenters. The van der Waals surface area contributed by atoms with Crippen molar-refractivity contribution in [3.8, 4) is 23.0 Å². The molecule has 0 aliphatic heterocycles. The molecule has 0 spiro atoms. The van der Waals surface area contributed by atoms with Gasteiger partial charge in [0.1, 0.15) is 18.5 Å². The molecule has 5 rings (SSSR count). The summed E-state index contributed by atoms with van der Waals surface area (Å²) < 4.78 is 10.8. The number of alkyl carbamates (subject to hydrolysis) is 1. The van der Waals surface area contributed by atoms with E-state index in [1.54, 1.807) is 18.2 Å². The molecule has 0 unspecified atom stereocenters. The number of nitrogens with one attached hydrogen (secondary N) is 1. The number of carbonyl (C=O) groups excluding carboxylic acids is 2. The van der Waals surface area contributed by atoms with Gasteiger partial charge in [-0.3, -0.25) is 9.59 Å². The third-order valence-corrected chi connectivity index (χ3v) is 6.02. The number of fused-ring (bicyclic) bond motifs is 4. The largest absolute Gasteiger partial charge is 0.463 e. The Hall–Kier alpha value is -4.63. The summed E-state index contributed by atoms with van der Waals surface area (Å²) in [6.07, 6.45) is 1.54. The summed E-state index contributed by atoms with van der Waals surface area (Å²) in [4.78, 5) is 35.5. The lowest BCUT2D eigenvalue weighted by molar-refractivity contribution is 0.112. The van der Waals surface area contributed by atoms with Crippen molar-refractivity contribution in [3.05, 3.63) is 105 Å². The predicted octanol–water partition coefficient (Wildman–Crippen LogP) is 4.89. The molecule has 0 fully saturated rings. The molecular formula is C29H21NO5. The number of amides is 1. The van der Waals surface area contributed by atoms with Gasteiger partial charge in [0.05, 0.1) is 10.9 Å². The van der Waals surface area contributed by atoms with E-state index in [1.165, 1.54) is 11.1 Å². The molecule has 1 heterocycles. The second-order valence-electron chi connectivity index (χ2n) is 8.15. The first-order valence-electron chi connectivity index (χ1n) is 11.2. The van der Waals surface area contributed by atoms with E-state index in [1.807, 2.05) is 24.3 Å². The highest BCUT2D eigenvalue weighted by Crippen LogP contribution is 2.44. The highest BCUT2D eigenvalue weighted by atomic mass is 16.5. The van der Waals surface area contributed by atoms with Crippen molar-refractivity contribution in [2.75, 3.05) is 13.2 Å². The molecule has 1 N–H and O–H groups in total. The molecule has 1 amide bonds. The summed E-state index contributed by atoms with van der Waals surface area (Å²) in [7, 11) is 0. The summed E-state index contributed by atoms with van der Waals surface area (Å²) in [5.41, 5.74) is 5.28. The lowest BCUT2D eigenvalue weighted by atomic mass is 9.98. The van der Waals surface area contributed by atoms with Crippen LogP contribution in [-0.2, 0) is 4.74 Å². The minimum absolute atomic E-state index is 0.0122. The first-order valence-corrected chi connectivity index (χ1v) is 11.2. The van der Waals surface area contributed by atoms with Crippen LogP contribution in [0.25, 0.3) is 22.1 Å². The molecule has 35 heavy (non-hydrogen) atoms. The van der Waals surface area contributed by atoms with E-state index in [9.17, 15) is 14.4 Å². The van der Waals surface area contributed by atoms with E-state index >= 15 is 0 Å². The number of benzene rings is 3. The summed E-state index contributed by atoms with van der Waals surface area (Å²) >= 11 is 0. The van der Waals surface area contributed by atoms with Gasteiger partial charge in [0, 0.05) is 24.4 Å². The van der Waals surface area contributed by atoms with E-state index in [-0.39, 0.29) is 23.5 Å². The highest BCUT2D eigenvalue weighted by Gasteiger charge is 2.28. The summed E-state index contributed by atoms with van der Waals surface area (Å²) in [6, 6.07) is 21.3. The van der Waals surface area contributed by atoms with E-state index in [0.717, 1.165) is 17.4 Å². The fraction of sp³-hybridized carbons (Fsp3) is 0.138.